The minimum Gasteiger partial charge on any atom is -0.354 e. The lowest BCUT2D eigenvalue weighted by atomic mass is 10.1. The molecule has 1 saturated heterocycles. The Balaban J connectivity index is 2.28. The predicted octanol–water partition coefficient (Wildman–Crippen LogP) is 1.90. The molecule has 2 heterocycles. The lowest BCUT2D eigenvalue weighted by Gasteiger charge is -2.31. The van der Waals surface area contributed by atoms with Crippen molar-refractivity contribution in [2.45, 2.75) is 17.7 Å². The highest BCUT2D eigenvalue weighted by Crippen LogP contribution is 2.25. The minimum absolute atomic E-state index is 0.128. The average molecular weight is 337 g/mol. The van der Waals surface area contributed by atoms with Crippen LogP contribution in [0.3, 0.4) is 0 Å². The molecule has 1 atom stereocenters. The monoisotopic (exact) mass is 335 g/mol. The van der Waals surface area contributed by atoms with Crippen LogP contribution in [0.5, 0.6) is 0 Å². The molecule has 0 radical (unpaired) electrons. The number of nitrogens with one attached hydrogen (secondary N) is 1. The number of nitrogens with zero attached hydrogens (tertiary/aromatic N) is 2. The van der Waals surface area contributed by atoms with Crippen molar-refractivity contribution in [3.8, 4) is 0 Å². The van der Waals surface area contributed by atoms with Crippen LogP contribution in [0.25, 0.3) is 0 Å². The standard InChI is InChI=1S/C9H11Br2N3O/c10-6-2-1-3-14(4-6)8-7(11)9(15)13-5-12-8/h5-6H,1-4H2,(H,12,13,15). The van der Waals surface area contributed by atoms with Crippen molar-refractivity contribution < 1.29 is 0 Å². The molecule has 1 unspecified atom stereocenters. The Labute approximate surface area is 104 Å². The number of rotatable bonds is 1. The number of piperidine rings is 1. The topological polar surface area (TPSA) is 49.0 Å². The Morgan fingerprint density at radius 3 is 3.13 bits per heavy atom. The van der Waals surface area contributed by atoms with Crippen LogP contribution in [-0.2, 0) is 0 Å². The third-order valence-electron chi connectivity index (χ3n) is 2.44. The highest BCUT2D eigenvalue weighted by molar-refractivity contribution is 9.10. The molecule has 1 aromatic heterocycles. The van der Waals surface area contributed by atoms with Gasteiger partial charge in [0.05, 0.1) is 6.33 Å². The van der Waals surface area contributed by atoms with Gasteiger partial charge in [-0.3, -0.25) is 4.79 Å². The van der Waals surface area contributed by atoms with E-state index in [0.717, 1.165) is 25.3 Å². The first-order valence-electron chi connectivity index (χ1n) is 4.80. The van der Waals surface area contributed by atoms with Gasteiger partial charge in [0.1, 0.15) is 10.3 Å². The Bertz CT molecular complexity index is 407. The molecule has 0 aromatic carbocycles. The fraction of sp³-hybridized carbons (Fsp3) is 0.556. The number of halogens is 2. The Hall–Kier alpha value is -0.360. The molecule has 4 nitrogen and oxygen atoms in total. The predicted molar refractivity (Wildman–Crippen MR) is 66.7 cm³/mol. The number of hydrogen-bond acceptors (Lipinski definition) is 3. The van der Waals surface area contributed by atoms with Crippen molar-refractivity contribution in [2.75, 3.05) is 18.0 Å². The summed E-state index contributed by atoms with van der Waals surface area (Å²) in [6.07, 6.45) is 3.74. The molecule has 1 aromatic rings. The van der Waals surface area contributed by atoms with Gasteiger partial charge in [0.25, 0.3) is 5.56 Å². The minimum atomic E-state index is -0.128. The summed E-state index contributed by atoms with van der Waals surface area (Å²) >= 11 is 6.87. The maximum Gasteiger partial charge on any atom is 0.267 e. The molecule has 1 aliphatic heterocycles. The number of H-pyrrole nitrogens is 1. The quantitative estimate of drug-likeness (QED) is 0.797. The molecule has 82 valence electrons. The fourth-order valence-electron chi connectivity index (χ4n) is 1.71. The van der Waals surface area contributed by atoms with Crippen LogP contribution in [0.4, 0.5) is 5.82 Å². The second-order valence-corrected chi connectivity index (χ2v) is 5.64. The number of anilines is 1. The first-order chi connectivity index (χ1) is 7.18. The van der Waals surface area contributed by atoms with E-state index in [-0.39, 0.29) is 5.56 Å². The van der Waals surface area contributed by atoms with Gasteiger partial charge in [0.2, 0.25) is 0 Å². The smallest absolute Gasteiger partial charge is 0.267 e. The van der Waals surface area contributed by atoms with Gasteiger partial charge in [-0.15, -0.1) is 0 Å². The Morgan fingerprint density at radius 1 is 1.60 bits per heavy atom. The zero-order chi connectivity index (χ0) is 10.8. The van der Waals surface area contributed by atoms with Crippen LogP contribution in [0, 0.1) is 0 Å². The third kappa shape index (κ3) is 2.42. The maximum atomic E-state index is 11.4. The van der Waals surface area contributed by atoms with Crippen LogP contribution < -0.4 is 10.5 Å². The van der Waals surface area contributed by atoms with Crippen LogP contribution in [0.2, 0.25) is 0 Å². The van der Waals surface area contributed by atoms with Crippen molar-refractivity contribution in [3.05, 3.63) is 21.2 Å². The van der Waals surface area contributed by atoms with Crippen molar-refractivity contribution in [3.63, 3.8) is 0 Å². The molecule has 1 aliphatic rings. The zero-order valence-electron chi connectivity index (χ0n) is 8.04. The summed E-state index contributed by atoms with van der Waals surface area (Å²) in [5.74, 6) is 0.739. The lowest BCUT2D eigenvalue weighted by Crippen LogP contribution is -2.37. The van der Waals surface area contributed by atoms with Crippen LogP contribution >= 0.6 is 31.9 Å². The summed E-state index contributed by atoms with van der Waals surface area (Å²) in [6.45, 7) is 1.85. The zero-order valence-corrected chi connectivity index (χ0v) is 11.2. The Morgan fingerprint density at radius 2 is 2.40 bits per heavy atom. The average Bonchev–Trinajstić information content (AvgIpc) is 2.22. The summed E-state index contributed by atoms with van der Waals surface area (Å²) in [6, 6.07) is 0. The van der Waals surface area contributed by atoms with Crippen LogP contribution in [0.1, 0.15) is 12.8 Å². The van der Waals surface area contributed by atoms with E-state index in [9.17, 15) is 4.79 Å². The van der Waals surface area contributed by atoms with Crippen molar-refractivity contribution in [2.24, 2.45) is 0 Å². The second-order valence-electron chi connectivity index (χ2n) is 3.55. The highest BCUT2D eigenvalue weighted by Gasteiger charge is 2.21. The van der Waals surface area contributed by atoms with Gasteiger partial charge < -0.3 is 9.88 Å². The maximum absolute atomic E-state index is 11.4. The Kier molecular flexibility index (Phi) is 3.45. The summed E-state index contributed by atoms with van der Waals surface area (Å²) in [4.78, 5) is 20.7. The molecule has 0 spiro atoms. The van der Waals surface area contributed by atoms with Gasteiger partial charge >= 0.3 is 0 Å². The van der Waals surface area contributed by atoms with E-state index in [1.165, 1.54) is 12.7 Å². The summed E-state index contributed by atoms with van der Waals surface area (Å²) < 4.78 is 0.520. The van der Waals surface area contributed by atoms with E-state index in [2.05, 4.69) is 46.7 Å². The van der Waals surface area contributed by atoms with E-state index < -0.39 is 0 Å². The lowest BCUT2D eigenvalue weighted by molar-refractivity contribution is 0.589. The molecule has 0 bridgehead atoms. The molecule has 1 N–H and O–H groups in total. The fourth-order valence-corrected chi connectivity index (χ4v) is 2.85. The molecule has 0 aliphatic carbocycles. The van der Waals surface area contributed by atoms with E-state index in [1.807, 2.05) is 0 Å². The molecule has 0 saturated carbocycles. The molecule has 15 heavy (non-hydrogen) atoms. The second kappa shape index (κ2) is 4.65. The number of hydrogen-bond donors (Lipinski definition) is 1. The van der Waals surface area contributed by atoms with Gasteiger partial charge in [-0.05, 0) is 28.8 Å². The summed E-state index contributed by atoms with van der Waals surface area (Å²) in [5, 5.41) is 0. The highest BCUT2D eigenvalue weighted by atomic mass is 79.9. The normalized spacial score (nSPS) is 21.7. The van der Waals surface area contributed by atoms with Gasteiger partial charge in [-0.25, -0.2) is 4.98 Å². The number of alkyl halides is 1. The van der Waals surface area contributed by atoms with E-state index >= 15 is 0 Å². The van der Waals surface area contributed by atoms with Gasteiger partial charge in [0, 0.05) is 17.9 Å². The number of aromatic nitrogens is 2. The van der Waals surface area contributed by atoms with Crippen LogP contribution in [0.15, 0.2) is 15.6 Å². The van der Waals surface area contributed by atoms with E-state index in [4.69, 9.17) is 0 Å². The van der Waals surface area contributed by atoms with Gasteiger partial charge in [-0.2, -0.15) is 0 Å². The number of aromatic amines is 1. The van der Waals surface area contributed by atoms with Gasteiger partial charge in [0.15, 0.2) is 0 Å². The third-order valence-corrected chi connectivity index (χ3v) is 3.90. The van der Waals surface area contributed by atoms with E-state index in [0.29, 0.717) is 9.30 Å². The summed E-state index contributed by atoms with van der Waals surface area (Å²) in [5.41, 5.74) is -0.128. The first kappa shape index (κ1) is 11.1. The van der Waals surface area contributed by atoms with Crippen molar-refractivity contribution >= 4 is 37.7 Å². The summed E-state index contributed by atoms with van der Waals surface area (Å²) in [7, 11) is 0. The van der Waals surface area contributed by atoms with E-state index in [1.54, 1.807) is 0 Å². The molecule has 1 fully saturated rings. The van der Waals surface area contributed by atoms with Crippen molar-refractivity contribution in [1.82, 2.24) is 9.97 Å². The largest absolute Gasteiger partial charge is 0.354 e. The molecule has 6 heteroatoms. The van der Waals surface area contributed by atoms with Gasteiger partial charge in [-0.1, -0.05) is 15.9 Å². The molecule has 0 amide bonds. The first-order valence-corrected chi connectivity index (χ1v) is 6.51. The molecule has 2 rings (SSSR count). The molecular formula is C9H11Br2N3O. The van der Waals surface area contributed by atoms with Crippen molar-refractivity contribution in [1.29, 1.82) is 0 Å². The molecular weight excluding hydrogens is 326 g/mol. The van der Waals surface area contributed by atoms with Crippen LogP contribution in [-0.4, -0.2) is 27.9 Å². The SMILES string of the molecule is O=c1[nH]cnc(N2CCCC(Br)C2)c1Br.